The maximum absolute atomic E-state index is 12.6. The molecule has 1 aromatic carbocycles. The van der Waals surface area contributed by atoms with Crippen LogP contribution < -0.4 is 10.2 Å². The first-order valence-corrected chi connectivity index (χ1v) is 7.59. The number of benzene rings is 1. The summed E-state index contributed by atoms with van der Waals surface area (Å²) in [5, 5.41) is 3.33. The highest BCUT2D eigenvalue weighted by atomic mass is 32.2. The number of piperidine rings is 1. The van der Waals surface area contributed by atoms with Crippen molar-refractivity contribution >= 4 is 23.4 Å². The van der Waals surface area contributed by atoms with Crippen molar-refractivity contribution in [1.82, 2.24) is 5.32 Å². The molecule has 3 nitrogen and oxygen atoms in total. The normalized spacial score (nSPS) is 23.6. The van der Waals surface area contributed by atoms with Crippen LogP contribution >= 0.6 is 11.8 Å². The molecule has 0 radical (unpaired) electrons. The predicted octanol–water partition coefficient (Wildman–Crippen LogP) is 2.12. The van der Waals surface area contributed by atoms with E-state index in [-0.39, 0.29) is 5.92 Å². The van der Waals surface area contributed by atoms with Crippen molar-refractivity contribution in [3.05, 3.63) is 24.3 Å². The summed E-state index contributed by atoms with van der Waals surface area (Å²) in [4.78, 5) is 15.8. The van der Waals surface area contributed by atoms with Crippen LogP contribution in [0.3, 0.4) is 0 Å². The third-order valence-electron chi connectivity index (χ3n) is 3.64. The molecule has 2 aliphatic heterocycles. The molecule has 0 aliphatic carbocycles. The number of thioether (sulfide) groups is 1. The van der Waals surface area contributed by atoms with E-state index in [9.17, 15) is 4.79 Å². The average Bonchev–Trinajstić information content (AvgIpc) is 2.47. The fourth-order valence-corrected chi connectivity index (χ4v) is 3.68. The lowest BCUT2D eigenvalue weighted by Crippen LogP contribution is -2.45. The quantitative estimate of drug-likeness (QED) is 0.841. The van der Waals surface area contributed by atoms with Crippen LogP contribution in [-0.4, -0.2) is 31.3 Å². The molecule has 2 heterocycles. The minimum absolute atomic E-state index is 0.162. The van der Waals surface area contributed by atoms with E-state index >= 15 is 0 Å². The van der Waals surface area contributed by atoms with Gasteiger partial charge in [-0.1, -0.05) is 12.1 Å². The largest absolute Gasteiger partial charge is 0.316 e. The standard InChI is InChI=1S/C14H18N2OS/c17-14(11-4-3-7-15-10-11)16-8-9-18-13-6-2-1-5-12(13)16/h1-2,5-6,11,15H,3-4,7-10H2/t11-/m1/s1. The molecule has 0 bridgehead atoms. The van der Waals surface area contributed by atoms with Gasteiger partial charge in [0.2, 0.25) is 5.91 Å². The molecular weight excluding hydrogens is 244 g/mol. The maximum Gasteiger partial charge on any atom is 0.231 e. The number of anilines is 1. The van der Waals surface area contributed by atoms with Gasteiger partial charge in [-0.25, -0.2) is 0 Å². The van der Waals surface area contributed by atoms with Gasteiger partial charge >= 0.3 is 0 Å². The van der Waals surface area contributed by atoms with E-state index in [4.69, 9.17) is 0 Å². The van der Waals surface area contributed by atoms with Crippen molar-refractivity contribution in [2.24, 2.45) is 5.92 Å². The van der Waals surface area contributed by atoms with Crippen molar-refractivity contribution in [1.29, 1.82) is 0 Å². The fourth-order valence-electron chi connectivity index (χ4n) is 2.68. The summed E-state index contributed by atoms with van der Waals surface area (Å²) >= 11 is 1.85. The Morgan fingerprint density at radius 1 is 1.39 bits per heavy atom. The molecule has 1 N–H and O–H groups in total. The van der Waals surface area contributed by atoms with Crippen LogP contribution in [0.1, 0.15) is 12.8 Å². The van der Waals surface area contributed by atoms with E-state index in [0.29, 0.717) is 5.91 Å². The second-order valence-electron chi connectivity index (χ2n) is 4.85. The monoisotopic (exact) mass is 262 g/mol. The summed E-state index contributed by atoms with van der Waals surface area (Å²) in [6, 6.07) is 8.24. The molecule has 0 aromatic heterocycles. The molecule has 96 valence electrons. The predicted molar refractivity (Wildman–Crippen MR) is 75.1 cm³/mol. The van der Waals surface area contributed by atoms with Crippen molar-refractivity contribution < 1.29 is 4.79 Å². The van der Waals surface area contributed by atoms with Crippen LogP contribution in [-0.2, 0) is 4.79 Å². The minimum Gasteiger partial charge on any atom is -0.316 e. The third kappa shape index (κ3) is 2.27. The zero-order chi connectivity index (χ0) is 12.4. The number of nitrogens with one attached hydrogen (secondary N) is 1. The van der Waals surface area contributed by atoms with Crippen LogP contribution in [0, 0.1) is 5.92 Å². The van der Waals surface area contributed by atoms with Crippen LogP contribution in [0.5, 0.6) is 0 Å². The van der Waals surface area contributed by atoms with Crippen LogP contribution in [0.15, 0.2) is 29.2 Å². The van der Waals surface area contributed by atoms with Gasteiger partial charge in [0.25, 0.3) is 0 Å². The lowest BCUT2D eigenvalue weighted by Gasteiger charge is -2.33. The number of carbonyl (C=O) groups is 1. The molecule has 1 aromatic rings. The van der Waals surface area contributed by atoms with Gasteiger partial charge in [0.05, 0.1) is 11.6 Å². The van der Waals surface area contributed by atoms with E-state index in [1.54, 1.807) is 0 Å². The van der Waals surface area contributed by atoms with Gasteiger partial charge in [0.1, 0.15) is 0 Å². The van der Waals surface area contributed by atoms with E-state index in [2.05, 4.69) is 17.4 Å². The van der Waals surface area contributed by atoms with Gasteiger partial charge in [0, 0.05) is 23.7 Å². The van der Waals surface area contributed by atoms with Gasteiger partial charge in [-0.3, -0.25) is 4.79 Å². The summed E-state index contributed by atoms with van der Waals surface area (Å²) in [5.41, 5.74) is 1.10. The summed E-state index contributed by atoms with van der Waals surface area (Å²) in [6.45, 7) is 2.73. The number of para-hydroxylation sites is 1. The zero-order valence-corrected chi connectivity index (χ0v) is 11.2. The molecule has 2 aliphatic rings. The molecule has 1 amide bonds. The number of rotatable bonds is 1. The summed E-state index contributed by atoms with van der Waals surface area (Å²) in [5.74, 6) is 1.47. The number of hydrogen-bond acceptors (Lipinski definition) is 3. The smallest absolute Gasteiger partial charge is 0.231 e. The first-order chi connectivity index (χ1) is 8.86. The molecule has 0 saturated carbocycles. The lowest BCUT2D eigenvalue weighted by atomic mass is 9.98. The Labute approximate surface area is 112 Å². The molecule has 1 fully saturated rings. The highest BCUT2D eigenvalue weighted by Crippen LogP contribution is 2.35. The molecular formula is C14H18N2OS. The van der Waals surface area contributed by atoms with Crippen molar-refractivity contribution in [2.45, 2.75) is 17.7 Å². The van der Waals surface area contributed by atoms with Gasteiger partial charge in [-0.05, 0) is 31.5 Å². The van der Waals surface area contributed by atoms with Gasteiger partial charge < -0.3 is 10.2 Å². The average molecular weight is 262 g/mol. The Hall–Kier alpha value is -1.00. The van der Waals surface area contributed by atoms with Crippen LogP contribution in [0.2, 0.25) is 0 Å². The van der Waals surface area contributed by atoms with Crippen LogP contribution in [0.25, 0.3) is 0 Å². The molecule has 3 rings (SSSR count). The van der Waals surface area contributed by atoms with E-state index in [1.807, 2.05) is 28.8 Å². The summed E-state index contributed by atoms with van der Waals surface area (Å²) in [6.07, 6.45) is 2.14. The Kier molecular flexibility index (Phi) is 3.57. The molecule has 1 saturated heterocycles. The fraction of sp³-hybridized carbons (Fsp3) is 0.500. The molecule has 1 atom stereocenters. The van der Waals surface area contributed by atoms with Crippen molar-refractivity contribution in [3.63, 3.8) is 0 Å². The molecule has 0 spiro atoms. The van der Waals surface area contributed by atoms with Gasteiger partial charge in [-0.15, -0.1) is 11.8 Å². The van der Waals surface area contributed by atoms with E-state index in [1.165, 1.54) is 4.90 Å². The SMILES string of the molecule is O=C([C@@H]1CCCNC1)N1CCSc2ccccc21. The number of nitrogens with zero attached hydrogens (tertiary/aromatic N) is 1. The molecule has 18 heavy (non-hydrogen) atoms. The topological polar surface area (TPSA) is 32.3 Å². The molecule has 0 unspecified atom stereocenters. The first-order valence-electron chi connectivity index (χ1n) is 6.60. The molecule has 4 heteroatoms. The zero-order valence-electron chi connectivity index (χ0n) is 10.4. The Morgan fingerprint density at radius 2 is 2.28 bits per heavy atom. The second kappa shape index (κ2) is 5.33. The highest BCUT2D eigenvalue weighted by Gasteiger charge is 2.29. The Bertz CT molecular complexity index is 443. The van der Waals surface area contributed by atoms with Crippen LogP contribution in [0.4, 0.5) is 5.69 Å². The first kappa shape index (κ1) is 12.1. The van der Waals surface area contributed by atoms with E-state index in [0.717, 1.165) is 43.9 Å². The number of amides is 1. The number of hydrogen-bond donors (Lipinski definition) is 1. The summed E-state index contributed by atoms with van der Waals surface area (Å²) in [7, 11) is 0. The Balaban J connectivity index is 1.82. The van der Waals surface area contributed by atoms with E-state index < -0.39 is 0 Å². The second-order valence-corrected chi connectivity index (χ2v) is 5.99. The van der Waals surface area contributed by atoms with Crippen molar-refractivity contribution in [3.8, 4) is 0 Å². The lowest BCUT2D eigenvalue weighted by molar-refractivity contribution is -0.122. The summed E-state index contributed by atoms with van der Waals surface area (Å²) < 4.78 is 0. The minimum atomic E-state index is 0.162. The highest BCUT2D eigenvalue weighted by molar-refractivity contribution is 7.99. The number of fused-ring (bicyclic) bond motifs is 1. The van der Waals surface area contributed by atoms with Gasteiger partial charge in [-0.2, -0.15) is 0 Å². The maximum atomic E-state index is 12.6. The third-order valence-corrected chi connectivity index (χ3v) is 4.68. The van der Waals surface area contributed by atoms with Gasteiger partial charge in [0.15, 0.2) is 0 Å². The number of carbonyl (C=O) groups excluding carboxylic acids is 1. The van der Waals surface area contributed by atoms with Crippen molar-refractivity contribution in [2.75, 3.05) is 30.3 Å². The Morgan fingerprint density at radius 3 is 3.11 bits per heavy atom.